The van der Waals surface area contributed by atoms with Gasteiger partial charge < -0.3 is 14.6 Å². The van der Waals surface area contributed by atoms with Crippen LogP contribution in [0.4, 0.5) is 11.4 Å². The Kier molecular flexibility index (Phi) is 8.60. The lowest BCUT2D eigenvalue weighted by molar-refractivity contribution is -0.387. The number of nitrogens with one attached hydrogen (secondary N) is 1. The Balaban J connectivity index is 2.01. The van der Waals surface area contributed by atoms with Gasteiger partial charge >= 0.3 is 5.97 Å². The summed E-state index contributed by atoms with van der Waals surface area (Å²) in [4.78, 5) is 34.2. The van der Waals surface area contributed by atoms with Gasteiger partial charge in [-0.05, 0) is 24.3 Å². The number of nitro benzene ring substituents is 1. The van der Waals surface area contributed by atoms with Gasteiger partial charge in [-0.3, -0.25) is 19.2 Å². The van der Waals surface area contributed by atoms with Gasteiger partial charge in [-0.15, -0.1) is 0 Å². The fraction of sp³-hybridized carbons (Fsp3) is 0.125. The van der Waals surface area contributed by atoms with Gasteiger partial charge in [0.15, 0.2) is 4.90 Å². The number of anilines is 1. The fourth-order valence-corrected chi connectivity index (χ4v) is 4.97. The summed E-state index contributed by atoms with van der Waals surface area (Å²) < 4.78 is 38.4. The molecule has 198 valence electrons. The number of methoxy groups -OCH3 is 2. The van der Waals surface area contributed by atoms with Crippen molar-refractivity contribution >= 4 is 39.5 Å². The first kappa shape index (κ1) is 27.6. The van der Waals surface area contributed by atoms with Gasteiger partial charge in [-0.1, -0.05) is 30.3 Å². The van der Waals surface area contributed by atoms with Crippen LogP contribution in [0.2, 0.25) is 0 Å². The average molecular weight is 543 g/mol. The minimum absolute atomic E-state index is 0.0122. The summed E-state index contributed by atoms with van der Waals surface area (Å²) >= 11 is 0. The molecule has 0 spiro atoms. The first-order chi connectivity index (χ1) is 18.1. The van der Waals surface area contributed by atoms with Crippen molar-refractivity contribution in [1.82, 2.24) is 5.43 Å². The van der Waals surface area contributed by atoms with E-state index in [1.807, 2.05) is 0 Å². The van der Waals surface area contributed by atoms with E-state index in [1.54, 1.807) is 6.07 Å². The van der Waals surface area contributed by atoms with Crippen LogP contribution in [0.25, 0.3) is 0 Å². The molecule has 0 saturated carbocycles. The highest BCUT2D eigenvalue weighted by molar-refractivity contribution is 7.93. The Labute approximate surface area is 217 Å². The van der Waals surface area contributed by atoms with Gasteiger partial charge in [0.1, 0.15) is 18.0 Å². The first-order valence-corrected chi connectivity index (χ1v) is 12.2. The second-order valence-electron chi connectivity index (χ2n) is 7.46. The molecule has 0 radical (unpaired) electrons. The molecule has 0 atom stereocenters. The number of ether oxygens (including phenoxy) is 2. The lowest BCUT2D eigenvalue weighted by Gasteiger charge is -2.25. The van der Waals surface area contributed by atoms with Gasteiger partial charge in [0.05, 0.1) is 36.6 Å². The molecule has 3 aromatic carbocycles. The van der Waals surface area contributed by atoms with Crippen molar-refractivity contribution in [1.29, 1.82) is 0 Å². The molecule has 0 saturated heterocycles. The molecule has 0 aliphatic carbocycles. The largest absolute Gasteiger partial charge is 0.497 e. The number of amides is 1. The minimum atomic E-state index is -4.69. The molecular formula is C24H22N4O9S. The maximum Gasteiger partial charge on any atom is 0.336 e. The summed E-state index contributed by atoms with van der Waals surface area (Å²) in [6.07, 6.45) is 1.09. The summed E-state index contributed by atoms with van der Waals surface area (Å²) in [5, 5.41) is 24.6. The lowest BCUT2D eigenvalue weighted by atomic mass is 10.1. The van der Waals surface area contributed by atoms with Crippen molar-refractivity contribution < 1.29 is 37.5 Å². The van der Waals surface area contributed by atoms with Crippen LogP contribution < -0.4 is 19.2 Å². The van der Waals surface area contributed by atoms with Crippen LogP contribution in [0.15, 0.2) is 76.7 Å². The molecule has 3 rings (SSSR count). The predicted molar refractivity (Wildman–Crippen MR) is 136 cm³/mol. The SMILES string of the molecule is COc1ccc(N(CC(=O)N/N=C\c2ccccc2C(=O)O)S(=O)(=O)c2ccccc2[N+](=O)[O-])c(OC)c1. The second-order valence-corrected chi connectivity index (χ2v) is 9.29. The Morgan fingerprint density at radius 3 is 2.42 bits per heavy atom. The van der Waals surface area contributed by atoms with Gasteiger partial charge in [-0.25, -0.2) is 18.6 Å². The molecule has 13 nitrogen and oxygen atoms in total. The highest BCUT2D eigenvalue weighted by Gasteiger charge is 2.34. The number of hydrogen-bond acceptors (Lipinski definition) is 9. The summed E-state index contributed by atoms with van der Waals surface area (Å²) in [5.74, 6) is -1.78. The van der Waals surface area contributed by atoms with Crippen LogP contribution in [0.1, 0.15) is 15.9 Å². The third kappa shape index (κ3) is 6.04. The predicted octanol–water partition coefficient (Wildman–Crippen LogP) is 2.66. The number of carbonyl (C=O) groups excluding carboxylic acids is 1. The van der Waals surface area contributed by atoms with E-state index in [1.165, 1.54) is 62.8 Å². The Morgan fingerprint density at radius 1 is 1.08 bits per heavy atom. The molecular weight excluding hydrogens is 520 g/mol. The molecule has 0 aliphatic heterocycles. The van der Waals surface area contributed by atoms with Crippen molar-refractivity contribution in [2.75, 3.05) is 25.1 Å². The Hall–Kier alpha value is -4.98. The van der Waals surface area contributed by atoms with Crippen molar-refractivity contribution in [2.24, 2.45) is 5.10 Å². The van der Waals surface area contributed by atoms with Gasteiger partial charge in [-0.2, -0.15) is 5.10 Å². The molecule has 14 heteroatoms. The van der Waals surface area contributed by atoms with Gasteiger partial charge in [0.2, 0.25) is 0 Å². The normalized spacial score (nSPS) is 11.1. The Bertz CT molecular complexity index is 1510. The minimum Gasteiger partial charge on any atom is -0.497 e. The fourth-order valence-electron chi connectivity index (χ4n) is 3.38. The van der Waals surface area contributed by atoms with E-state index in [2.05, 4.69) is 10.5 Å². The first-order valence-electron chi connectivity index (χ1n) is 10.7. The number of nitro groups is 1. The molecule has 2 N–H and O–H groups in total. The molecule has 0 aliphatic rings. The maximum atomic E-state index is 13.7. The van der Waals surface area contributed by atoms with Gasteiger partial charge in [0, 0.05) is 17.7 Å². The van der Waals surface area contributed by atoms with Crippen molar-refractivity contribution in [3.05, 3.63) is 88.0 Å². The van der Waals surface area contributed by atoms with Crippen LogP contribution in [-0.4, -0.2) is 57.3 Å². The number of carbonyl (C=O) groups is 2. The number of sulfonamides is 1. The third-order valence-corrected chi connectivity index (χ3v) is 6.96. The smallest absolute Gasteiger partial charge is 0.336 e. The number of para-hydroxylation sites is 1. The quantitative estimate of drug-likeness (QED) is 0.209. The van der Waals surface area contributed by atoms with Crippen LogP contribution in [-0.2, 0) is 14.8 Å². The molecule has 0 unspecified atom stereocenters. The average Bonchev–Trinajstić information content (AvgIpc) is 2.91. The van der Waals surface area contributed by atoms with Crippen LogP contribution >= 0.6 is 0 Å². The highest BCUT2D eigenvalue weighted by Crippen LogP contribution is 2.37. The molecule has 0 heterocycles. The van der Waals surface area contributed by atoms with Crippen molar-refractivity contribution in [2.45, 2.75) is 4.90 Å². The number of hydrazone groups is 1. The van der Waals surface area contributed by atoms with E-state index in [4.69, 9.17) is 9.47 Å². The zero-order valence-electron chi connectivity index (χ0n) is 20.1. The zero-order chi connectivity index (χ0) is 27.9. The number of nitrogens with zero attached hydrogens (tertiary/aromatic N) is 3. The number of rotatable bonds is 11. The maximum absolute atomic E-state index is 13.7. The number of aromatic carboxylic acids is 1. The molecule has 1 amide bonds. The van der Waals surface area contributed by atoms with E-state index in [-0.39, 0.29) is 22.6 Å². The number of hydrogen-bond donors (Lipinski definition) is 2. The van der Waals surface area contributed by atoms with Crippen LogP contribution in [0.5, 0.6) is 11.5 Å². The van der Waals surface area contributed by atoms with Gasteiger partial charge in [0.25, 0.3) is 21.6 Å². The third-order valence-electron chi connectivity index (χ3n) is 5.16. The van der Waals surface area contributed by atoms with Crippen molar-refractivity contribution in [3.63, 3.8) is 0 Å². The summed E-state index contributed by atoms with van der Waals surface area (Å²) in [6.45, 7) is -0.852. The topological polar surface area (TPSA) is 178 Å². The monoisotopic (exact) mass is 542 g/mol. The molecule has 0 fully saturated rings. The highest BCUT2D eigenvalue weighted by atomic mass is 32.2. The van der Waals surface area contributed by atoms with Crippen LogP contribution in [0, 0.1) is 10.1 Å². The molecule has 38 heavy (non-hydrogen) atoms. The summed E-state index contributed by atoms with van der Waals surface area (Å²) in [5.41, 5.74) is 1.50. The lowest BCUT2D eigenvalue weighted by Crippen LogP contribution is -2.40. The summed E-state index contributed by atoms with van der Waals surface area (Å²) in [7, 11) is -2.02. The Morgan fingerprint density at radius 2 is 1.76 bits per heavy atom. The summed E-state index contributed by atoms with van der Waals surface area (Å²) in [6, 6.07) is 14.8. The number of carboxylic acids is 1. The molecule has 3 aromatic rings. The standard InChI is InChI=1S/C24H22N4O9S/c1-36-17-11-12-19(21(13-17)37-2)27(38(34,35)22-10-6-5-9-20(22)28(32)33)15-23(29)26-25-14-16-7-3-4-8-18(16)24(30)31/h3-14H,15H2,1-2H3,(H,26,29)(H,30,31)/b25-14-. The molecule has 0 bridgehead atoms. The molecule has 0 aromatic heterocycles. The number of carboxylic acid groups (broad SMARTS) is 1. The number of benzene rings is 3. The van der Waals surface area contributed by atoms with E-state index in [9.17, 15) is 33.2 Å². The van der Waals surface area contributed by atoms with E-state index in [0.29, 0.717) is 10.1 Å². The second kappa shape index (κ2) is 11.8. The van der Waals surface area contributed by atoms with E-state index < -0.39 is 44.0 Å². The van der Waals surface area contributed by atoms with E-state index in [0.717, 1.165) is 18.3 Å². The van der Waals surface area contributed by atoms with E-state index >= 15 is 0 Å². The van der Waals surface area contributed by atoms with Crippen LogP contribution in [0.3, 0.4) is 0 Å². The van der Waals surface area contributed by atoms with Crippen molar-refractivity contribution in [3.8, 4) is 11.5 Å². The zero-order valence-corrected chi connectivity index (χ0v) is 20.9.